The standard InChI is InChI=1S/C15H22N2O3S/c1-4-17(12-13(2)11-16)8-9-20-14-6-5-7-15(10-14)21(3,18)19/h5-7,10,13H,4,8-9,12H2,1-3H3. The van der Waals surface area contributed by atoms with Crippen LogP contribution < -0.4 is 4.74 Å². The van der Waals surface area contributed by atoms with Crippen LogP contribution in [0.25, 0.3) is 0 Å². The van der Waals surface area contributed by atoms with Crippen LogP contribution in [0.2, 0.25) is 0 Å². The third-order valence-electron chi connectivity index (χ3n) is 3.11. The van der Waals surface area contributed by atoms with Gasteiger partial charge in [-0.05, 0) is 31.7 Å². The van der Waals surface area contributed by atoms with Crippen LogP contribution in [0.1, 0.15) is 13.8 Å². The van der Waals surface area contributed by atoms with Gasteiger partial charge in [0.25, 0.3) is 0 Å². The normalized spacial score (nSPS) is 12.9. The molecule has 0 saturated carbocycles. The van der Waals surface area contributed by atoms with E-state index < -0.39 is 9.84 Å². The molecule has 0 spiro atoms. The van der Waals surface area contributed by atoms with Gasteiger partial charge in [-0.2, -0.15) is 5.26 Å². The van der Waals surface area contributed by atoms with E-state index in [1.165, 1.54) is 12.3 Å². The molecule has 21 heavy (non-hydrogen) atoms. The maximum atomic E-state index is 11.5. The molecule has 1 atom stereocenters. The maximum Gasteiger partial charge on any atom is 0.175 e. The first kappa shape index (κ1) is 17.5. The van der Waals surface area contributed by atoms with Crippen molar-refractivity contribution in [2.75, 3.05) is 32.5 Å². The number of likely N-dealkylation sites (N-methyl/N-ethyl adjacent to an activating group) is 1. The molecule has 0 radical (unpaired) electrons. The summed E-state index contributed by atoms with van der Waals surface area (Å²) in [5.74, 6) is 0.529. The van der Waals surface area contributed by atoms with Crippen molar-refractivity contribution in [2.24, 2.45) is 5.92 Å². The second-order valence-electron chi connectivity index (χ2n) is 5.02. The lowest BCUT2D eigenvalue weighted by Gasteiger charge is -2.21. The van der Waals surface area contributed by atoms with E-state index in [-0.39, 0.29) is 10.8 Å². The minimum absolute atomic E-state index is 0.0153. The largest absolute Gasteiger partial charge is 0.492 e. The van der Waals surface area contributed by atoms with Gasteiger partial charge in [0.1, 0.15) is 12.4 Å². The van der Waals surface area contributed by atoms with E-state index in [0.29, 0.717) is 25.4 Å². The van der Waals surface area contributed by atoms with E-state index in [2.05, 4.69) is 11.0 Å². The van der Waals surface area contributed by atoms with Gasteiger partial charge in [0, 0.05) is 19.3 Å². The summed E-state index contributed by atoms with van der Waals surface area (Å²) in [6.45, 7) is 6.64. The Morgan fingerprint density at radius 3 is 2.71 bits per heavy atom. The molecule has 116 valence electrons. The third-order valence-corrected chi connectivity index (χ3v) is 4.22. The van der Waals surface area contributed by atoms with Crippen molar-refractivity contribution in [3.05, 3.63) is 24.3 Å². The smallest absolute Gasteiger partial charge is 0.175 e. The monoisotopic (exact) mass is 310 g/mol. The van der Waals surface area contributed by atoms with Gasteiger partial charge in [-0.1, -0.05) is 13.0 Å². The predicted molar refractivity (Wildman–Crippen MR) is 81.9 cm³/mol. The molecule has 1 aromatic rings. The first-order valence-corrected chi connectivity index (χ1v) is 8.80. The summed E-state index contributed by atoms with van der Waals surface area (Å²) in [6.07, 6.45) is 1.17. The molecular weight excluding hydrogens is 288 g/mol. The van der Waals surface area contributed by atoms with Crippen LogP contribution in [0.15, 0.2) is 29.2 Å². The lowest BCUT2D eigenvalue weighted by atomic mass is 10.2. The topological polar surface area (TPSA) is 70.4 Å². The quantitative estimate of drug-likeness (QED) is 0.734. The fourth-order valence-corrected chi connectivity index (χ4v) is 2.55. The van der Waals surface area contributed by atoms with Gasteiger partial charge in [-0.15, -0.1) is 0 Å². The van der Waals surface area contributed by atoms with Gasteiger partial charge in [-0.25, -0.2) is 8.42 Å². The number of rotatable bonds is 8. The van der Waals surface area contributed by atoms with Gasteiger partial charge in [0.2, 0.25) is 0 Å². The molecule has 0 saturated heterocycles. The zero-order valence-corrected chi connectivity index (χ0v) is 13.6. The predicted octanol–water partition coefficient (Wildman–Crippen LogP) is 1.95. The van der Waals surface area contributed by atoms with Crippen LogP contribution in [0, 0.1) is 17.2 Å². The van der Waals surface area contributed by atoms with Crippen molar-refractivity contribution in [3.63, 3.8) is 0 Å². The molecule has 1 aromatic carbocycles. The summed E-state index contributed by atoms with van der Waals surface area (Å²) in [5.41, 5.74) is 0. The van der Waals surface area contributed by atoms with E-state index >= 15 is 0 Å². The SMILES string of the molecule is CCN(CCOc1cccc(S(C)(=O)=O)c1)CC(C)C#N. The summed E-state index contributed by atoms with van der Waals surface area (Å²) in [6, 6.07) is 8.70. The molecule has 0 aliphatic rings. The fourth-order valence-electron chi connectivity index (χ4n) is 1.89. The van der Waals surface area contributed by atoms with Gasteiger partial charge in [0.15, 0.2) is 9.84 Å². The Morgan fingerprint density at radius 2 is 2.14 bits per heavy atom. The zero-order valence-electron chi connectivity index (χ0n) is 12.7. The number of hydrogen-bond donors (Lipinski definition) is 0. The molecule has 0 N–H and O–H groups in total. The third kappa shape index (κ3) is 6.15. The molecule has 1 unspecified atom stereocenters. The Hall–Kier alpha value is -1.58. The Kier molecular flexibility index (Phi) is 6.66. The average Bonchev–Trinajstić information content (AvgIpc) is 2.45. The van der Waals surface area contributed by atoms with E-state index in [4.69, 9.17) is 10.00 Å². The first-order valence-electron chi connectivity index (χ1n) is 6.91. The fraction of sp³-hybridized carbons (Fsp3) is 0.533. The van der Waals surface area contributed by atoms with E-state index in [1.807, 2.05) is 13.8 Å². The molecule has 0 aliphatic heterocycles. The molecule has 0 heterocycles. The minimum Gasteiger partial charge on any atom is -0.492 e. The first-order chi connectivity index (χ1) is 9.86. The molecule has 5 nitrogen and oxygen atoms in total. The van der Waals surface area contributed by atoms with Crippen molar-refractivity contribution >= 4 is 9.84 Å². The number of sulfone groups is 1. The van der Waals surface area contributed by atoms with Crippen LogP contribution >= 0.6 is 0 Å². The van der Waals surface area contributed by atoms with Gasteiger partial charge >= 0.3 is 0 Å². The Labute approximate surface area is 127 Å². The van der Waals surface area contributed by atoms with Crippen LogP contribution in [-0.2, 0) is 9.84 Å². The number of ether oxygens (including phenoxy) is 1. The second kappa shape index (κ2) is 8.01. The summed E-state index contributed by atoms with van der Waals surface area (Å²) >= 11 is 0. The van der Waals surface area contributed by atoms with Crippen LogP contribution in [0.5, 0.6) is 5.75 Å². The number of nitriles is 1. The van der Waals surface area contributed by atoms with Crippen LogP contribution in [-0.4, -0.2) is 45.8 Å². The molecule has 0 amide bonds. The van der Waals surface area contributed by atoms with E-state index in [1.54, 1.807) is 18.2 Å². The summed E-state index contributed by atoms with van der Waals surface area (Å²) in [4.78, 5) is 2.39. The highest BCUT2D eigenvalue weighted by Gasteiger charge is 2.10. The van der Waals surface area contributed by atoms with Gasteiger partial charge < -0.3 is 4.74 Å². The lowest BCUT2D eigenvalue weighted by molar-refractivity contribution is 0.206. The highest BCUT2D eigenvalue weighted by atomic mass is 32.2. The molecular formula is C15H22N2O3S. The van der Waals surface area contributed by atoms with E-state index in [9.17, 15) is 8.42 Å². The van der Waals surface area contributed by atoms with Crippen molar-refractivity contribution in [2.45, 2.75) is 18.7 Å². The number of hydrogen-bond acceptors (Lipinski definition) is 5. The lowest BCUT2D eigenvalue weighted by Crippen LogP contribution is -2.32. The number of nitrogens with zero attached hydrogens (tertiary/aromatic N) is 2. The minimum atomic E-state index is -3.22. The highest BCUT2D eigenvalue weighted by Crippen LogP contribution is 2.17. The Balaban J connectivity index is 2.54. The van der Waals surface area contributed by atoms with Gasteiger partial charge in [0.05, 0.1) is 16.9 Å². The molecule has 6 heteroatoms. The summed E-state index contributed by atoms with van der Waals surface area (Å²) in [7, 11) is -3.22. The molecule has 0 fully saturated rings. The Morgan fingerprint density at radius 1 is 1.43 bits per heavy atom. The van der Waals surface area contributed by atoms with Crippen LogP contribution in [0.4, 0.5) is 0 Å². The molecule has 0 aromatic heterocycles. The van der Waals surface area contributed by atoms with Crippen molar-refractivity contribution in [3.8, 4) is 11.8 Å². The van der Waals surface area contributed by atoms with Crippen LogP contribution in [0.3, 0.4) is 0 Å². The van der Waals surface area contributed by atoms with Crippen molar-refractivity contribution in [1.82, 2.24) is 4.90 Å². The highest BCUT2D eigenvalue weighted by molar-refractivity contribution is 7.90. The summed E-state index contributed by atoms with van der Waals surface area (Å²) in [5, 5.41) is 8.82. The van der Waals surface area contributed by atoms with Gasteiger partial charge in [-0.3, -0.25) is 4.90 Å². The molecule has 0 aliphatic carbocycles. The summed E-state index contributed by atoms with van der Waals surface area (Å²) < 4.78 is 28.5. The molecule has 1 rings (SSSR count). The number of benzene rings is 1. The average molecular weight is 310 g/mol. The second-order valence-corrected chi connectivity index (χ2v) is 7.03. The zero-order chi connectivity index (χ0) is 15.9. The van der Waals surface area contributed by atoms with Crippen molar-refractivity contribution < 1.29 is 13.2 Å². The van der Waals surface area contributed by atoms with Crippen molar-refractivity contribution in [1.29, 1.82) is 5.26 Å². The van der Waals surface area contributed by atoms with E-state index in [0.717, 1.165) is 6.54 Å². The maximum absolute atomic E-state index is 11.5. The molecule has 0 bridgehead atoms. The Bertz CT molecular complexity index is 593.